The van der Waals surface area contributed by atoms with E-state index in [4.69, 9.17) is 14.2 Å². The second-order valence-corrected chi connectivity index (χ2v) is 6.01. The minimum Gasteiger partial charge on any atom is -0.496 e. The predicted molar refractivity (Wildman–Crippen MR) is 109 cm³/mol. The highest BCUT2D eigenvalue weighted by molar-refractivity contribution is 5.79. The average molecular weight is 371 g/mol. The Balaban J connectivity index is 1.97. The van der Waals surface area contributed by atoms with E-state index in [0.717, 1.165) is 28.4 Å². The third kappa shape index (κ3) is 5.81. The van der Waals surface area contributed by atoms with Crippen LogP contribution in [0.5, 0.6) is 17.2 Å². The molecule has 2 aromatic rings. The minimum absolute atomic E-state index is 0.592. The van der Waals surface area contributed by atoms with Crippen LogP contribution < -0.4 is 24.8 Å². The van der Waals surface area contributed by atoms with Gasteiger partial charge in [0.15, 0.2) is 17.5 Å². The van der Waals surface area contributed by atoms with Gasteiger partial charge in [-0.15, -0.1) is 0 Å². The molecule has 2 N–H and O–H groups in total. The summed E-state index contributed by atoms with van der Waals surface area (Å²) >= 11 is 0. The summed E-state index contributed by atoms with van der Waals surface area (Å²) in [6.45, 7) is 5.83. The monoisotopic (exact) mass is 371 g/mol. The largest absolute Gasteiger partial charge is 0.496 e. The zero-order valence-corrected chi connectivity index (χ0v) is 16.8. The summed E-state index contributed by atoms with van der Waals surface area (Å²) in [6, 6.07) is 12.1. The lowest BCUT2D eigenvalue weighted by Crippen LogP contribution is -2.36. The highest BCUT2D eigenvalue weighted by Gasteiger charge is 2.07. The van der Waals surface area contributed by atoms with E-state index in [1.165, 1.54) is 5.56 Å². The van der Waals surface area contributed by atoms with E-state index in [9.17, 15) is 0 Å². The van der Waals surface area contributed by atoms with Crippen molar-refractivity contribution in [1.29, 1.82) is 0 Å². The highest BCUT2D eigenvalue weighted by atomic mass is 16.5. The molecule has 0 saturated heterocycles. The van der Waals surface area contributed by atoms with Crippen molar-refractivity contribution in [2.45, 2.75) is 26.9 Å². The van der Waals surface area contributed by atoms with Gasteiger partial charge in [0.1, 0.15) is 5.75 Å². The molecule has 0 aliphatic heterocycles. The first kappa shape index (κ1) is 20.4. The van der Waals surface area contributed by atoms with E-state index < -0.39 is 0 Å². The van der Waals surface area contributed by atoms with E-state index in [-0.39, 0.29) is 0 Å². The maximum absolute atomic E-state index is 5.63. The van der Waals surface area contributed by atoms with Gasteiger partial charge in [0, 0.05) is 25.7 Å². The zero-order valence-electron chi connectivity index (χ0n) is 16.8. The first-order valence-electron chi connectivity index (χ1n) is 8.99. The lowest BCUT2D eigenvalue weighted by molar-refractivity contribution is 0.310. The number of methoxy groups -OCH3 is 2. The molecule has 6 heteroatoms. The van der Waals surface area contributed by atoms with Crippen LogP contribution in [0.2, 0.25) is 0 Å². The molecule has 6 nitrogen and oxygen atoms in total. The van der Waals surface area contributed by atoms with Crippen LogP contribution in [-0.2, 0) is 13.1 Å². The van der Waals surface area contributed by atoms with Gasteiger partial charge in [0.25, 0.3) is 0 Å². The first-order valence-corrected chi connectivity index (χ1v) is 8.99. The number of ether oxygens (including phenoxy) is 3. The lowest BCUT2D eigenvalue weighted by Gasteiger charge is -2.15. The molecule has 27 heavy (non-hydrogen) atoms. The zero-order chi connectivity index (χ0) is 19.6. The van der Waals surface area contributed by atoms with Crippen molar-refractivity contribution in [1.82, 2.24) is 10.6 Å². The average Bonchev–Trinajstić information content (AvgIpc) is 2.69. The molecule has 146 valence electrons. The molecule has 0 aliphatic rings. The fourth-order valence-corrected chi connectivity index (χ4v) is 2.68. The Kier molecular flexibility index (Phi) is 7.79. The van der Waals surface area contributed by atoms with Crippen molar-refractivity contribution in [2.24, 2.45) is 4.99 Å². The fourth-order valence-electron chi connectivity index (χ4n) is 2.68. The third-order valence-electron chi connectivity index (χ3n) is 4.10. The van der Waals surface area contributed by atoms with Gasteiger partial charge in [-0.1, -0.05) is 18.2 Å². The molecule has 0 aliphatic carbocycles. The molecule has 0 atom stereocenters. The number of hydrogen-bond donors (Lipinski definition) is 2. The van der Waals surface area contributed by atoms with Gasteiger partial charge in [0.05, 0.1) is 20.8 Å². The first-order chi connectivity index (χ1) is 13.1. The number of aryl methyl sites for hydroxylation is 1. The molecule has 0 amide bonds. The van der Waals surface area contributed by atoms with Crippen molar-refractivity contribution in [3.05, 3.63) is 53.1 Å². The summed E-state index contributed by atoms with van der Waals surface area (Å²) in [5, 5.41) is 6.63. The van der Waals surface area contributed by atoms with Crippen molar-refractivity contribution in [2.75, 3.05) is 27.9 Å². The van der Waals surface area contributed by atoms with Crippen LogP contribution in [0, 0.1) is 6.92 Å². The van der Waals surface area contributed by atoms with Crippen LogP contribution in [0.1, 0.15) is 23.6 Å². The Labute approximate surface area is 161 Å². The molecule has 0 bridgehead atoms. The summed E-state index contributed by atoms with van der Waals surface area (Å²) in [4.78, 5) is 4.28. The summed E-state index contributed by atoms with van der Waals surface area (Å²) in [5.74, 6) is 3.06. The number of nitrogens with zero attached hydrogens (tertiary/aromatic N) is 1. The second kappa shape index (κ2) is 10.3. The molecular weight excluding hydrogens is 342 g/mol. The Morgan fingerprint density at radius 1 is 0.926 bits per heavy atom. The predicted octanol–water partition coefficient (Wildman–Crippen LogP) is 3.28. The topological polar surface area (TPSA) is 64.1 Å². The quantitative estimate of drug-likeness (QED) is 0.551. The van der Waals surface area contributed by atoms with Gasteiger partial charge in [0.2, 0.25) is 0 Å². The van der Waals surface area contributed by atoms with Gasteiger partial charge >= 0.3 is 0 Å². The van der Waals surface area contributed by atoms with E-state index in [0.29, 0.717) is 25.7 Å². The molecule has 0 saturated carbocycles. The fraction of sp³-hybridized carbons (Fsp3) is 0.381. The normalized spacial score (nSPS) is 11.1. The van der Waals surface area contributed by atoms with Crippen molar-refractivity contribution in [3.8, 4) is 17.2 Å². The van der Waals surface area contributed by atoms with Crippen LogP contribution >= 0.6 is 0 Å². The van der Waals surface area contributed by atoms with Crippen molar-refractivity contribution >= 4 is 5.96 Å². The molecule has 0 radical (unpaired) electrons. The summed E-state index contributed by atoms with van der Waals surface area (Å²) in [5.41, 5.74) is 3.33. The summed E-state index contributed by atoms with van der Waals surface area (Å²) < 4.78 is 16.4. The van der Waals surface area contributed by atoms with E-state index in [1.54, 1.807) is 21.3 Å². The molecule has 0 aromatic heterocycles. The van der Waals surface area contributed by atoms with Crippen molar-refractivity contribution in [3.63, 3.8) is 0 Å². The van der Waals surface area contributed by atoms with Gasteiger partial charge in [-0.25, -0.2) is 0 Å². The van der Waals surface area contributed by atoms with Gasteiger partial charge < -0.3 is 24.8 Å². The molecule has 0 heterocycles. The maximum atomic E-state index is 5.63. The number of nitrogens with one attached hydrogen (secondary N) is 2. The number of hydrogen-bond acceptors (Lipinski definition) is 4. The Hall–Kier alpha value is -2.89. The number of guanidine groups is 1. The molecular formula is C21H29N3O3. The van der Waals surface area contributed by atoms with E-state index in [2.05, 4.69) is 27.8 Å². The second-order valence-electron chi connectivity index (χ2n) is 6.01. The summed E-state index contributed by atoms with van der Waals surface area (Å²) in [6.07, 6.45) is 0. The number of benzene rings is 2. The highest BCUT2D eigenvalue weighted by Crippen LogP contribution is 2.28. The molecule has 2 rings (SSSR count). The number of rotatable bonds is 8. The van der Waals surface area contributed by atoms with Crippen LogP contribution in [0.3, 0.4) is 0 Å². The van der Waals surface area contributed by atoms with E-state index >= 15 is 0 Å². The molecule has 0 unspecified atom stereocenters. The Morgan fingerprint density at radius 3 is 2.33 bits per heavy atom. The molecule has 0 spiro atoms. The SMILES string of the molecule is CCOc1cc(CNC(=NC)NCc2ccc(C)cc2OC)ccc1OC. The van der Waals surface area contributed by atoms with Crippen LogP contribution in [0.25, 0.3) is 0 Å². The third-order valence-corrected chi connectivity index (χ3v) is 4.10. The Morgan fingerprint density at radius 2 is 1.67 bits per heavy atom. The minimum atomic E-state index is 0.592. The van der Waals surface area contributed by atoms with Gasteiger partial charge in [-0.3, -0.25) is 4.99 Å². The van der Waals surface area contributed by atoms with Crippen LogP contribution in [0.4, 0.5) is 0 Å². The summed E-state index contributed by atoms with van der Waals surface area (Å²) in [7, 11) is 5.08. The van der Waals surface area contributed by atoms with Gasteiger partial charge in [-0.2, -0.15) is 0 Å². The lowest BCUT2D eigenvalue weighted by atomic mass is 10.1. The van der Waals surface area contributed by atoms with Crippen LogP contribution in [-0.4, -0.2) is 33.8 Å². The van der Waals surface area contributed by atoms with E-state index in [1.807, 2.05) is 38.1 Å². The molecule has 0 fully saturated rings. The van der Waals surface area contributed by atoms with Crippen molar-refractivity contribution < 1.29 is 14.2 Å². The number of aliphatic imine (C=N–C) groups is 1. The van der Waals surface area contributed by atoms with Crippen LogP contribution in [0.15, 0.2) is 41.4 Å². The molecule has 2 aromatic carbocycles. The standard InChI is InChI=1S/C21H29N3O3/c1-6-27-20-12-16(8-10-18(20)25-4)13-23-21(22-3)24-14-17-9-7-15(2)11-19(17)26-5/h7-12H,6,13-14H2,1-5H3,(H2,22,23,24). The Bertz CT molecular complexity index is 775. The smallest absolute Gasteiger partial charge is 0.191 e. The van der Waals surface area contributed by atoms with Gasteiger partial charge in [-0.05, 0) is 43.2 Å². The maximum Gasteiger partial charge on any atom is 0.191 e.